The molecule has 136 valence electrons. The predicted octanol–water partition coefficient (Wildman–Crippen LogP) is 3.45. The highest BCUT2D eigenvalue weighted by molar-refractivity contribution is 5.94. The van der Waals surface area contributed by atoms with Gasteiger partial charge < -0.3 is 15.0 Å². The molecule has 2 amide bonds. The van der Waals surface area contributed by atoms with E-state index in [0.717, 1.165) is 25.7 Å². The maximum Gasteiger partial charge on any atom is 0.227 e. The third-order valence-electron chi connectivity index (χ3n) is 5.14. The van der Waals surface area contributed by atoms with Crippen molar-refractivity contribution in [2.75, 3.05) is 18.4 Å². The van der Waals surface area contributed by atoms with E-state index in [2.05, 4.69) is 5.32 Å². The van der Waals surface area contributed by atoms with Crippen molar-refractivity contribution < 1.29 is 14.3 Å². The van der Waals surface area contributed by atoms with Crippen LogP contribution in [0.1, 0.15) is 46.0 Å². The van der Waals surface area contributed by atoms with Gasteiger partial charge in [0.15, 0.2) is 0 Å². The van der Waals surface area contributed by atoms with Gasteiger partial charge >= 0.3 is 0 Å². The summed E-state index contributed by atoms with van der Waals surface area (Å²) in [4.78, 5) is 26.9. The highest BCUT2D eigenvalue weighted by atomic mass is 16.5. The van der Waals surface area contributed by atoms with Crippen LogP contribution in [-0.4, -0.2) is 35.9 Å². The van der Waals surface area contributed by atoms with E-state index in [0.29, 0.717) is 30.4 Å². The predicted molar refractivity (Wildman–Crippen MR) is 97.5 cm³/mol. The Morgan fingerprint density at radius 3 is 2.36 bits per heavy atom. The first-order valence-corrected chi connectivity index (χ1v) is 9.40. The number of hydrogen-bond acceptors (Lipinski definition) is 3. The van der Waals surface area contributed by atoms with E-state index >= 15 is 0 Å². The molecule has 0 atom stereocenters. The molecule has 5 heteroatoms. The Morgan fingerprint density at radius 1 is 1.08 bits per heavy atom. The van der Waals surface area contributed by atoms with Crippen LogP contribution in [-0.2, 0) is 9.59 Å². The van der Waals surface area contributed by atoms with Crippen LogP contribution in [0.4, 0.5) is 5.69 Å². The number of nitrogens with one attached hydrogen (secondary N) is 1. The van der Waals surface area contributed by atoms with Gasteiger partial charge in [-0.3, -0.25) is 9.59 Å². The monoisotopic (exact) mass is 344 g/mol. The van der Waals surface area contributed by atoms with Gasteiger partial charge in [0.05, 0.1) is 11.8 Å². The molecule has 1 aromatic carbocycles. The minimum Gasteiger partial charge on any atom is -0.489 e. The van der Waals surface area contributed by atoms with Gasteiger partial charge in [-0.05, 0) is 51.7 Å². The van der Waals surface area contributed by atoms with Crippen LogP contribution in [0.3, 0.4) is 0 Å². The minimum absolute atomic E-state index is 0.0237. The van der Waals surface area contributed by atoms with Crippen molar-refractivity contribution in [3.63, 3.8) is 0 Å². The number of ether oxygens (including phenoxy) is 1. The number of carbonyl (C=O) groups excluding carboxylic acids is 2. The number of likely N-dealkylation sites (tertiary alicyclic amines) is 1. The van der Waals surface area contributed by atoms with E-state index in [1.165, 1.54) is 6.42 Å². The first-order valence-electron chi connectivity index (χ1n) is 9.40. The van der Waals surface area contributed by atoms with Gasteiger partial charge in [0, 0.05) is 24.9 Å². The molecule has 1 aliphatic heterocycles. The third-order valence-corrected chi connectivity index (χ3v) is 5.14. The molecule has 0 aromatic heterocycles. The molecule has 25 heavy (non-hydrogen) atoms. The van der Waals surface area contributed by atoms with E-state index < -0.39 is 0 Å². The van der Waals surface area contributed by atoms with Crippen molar-refractivity contribution in [1.82, 2.24) is 4.90 Å². The molecule has 1 saturated carbocycles. The Bertz CT molecular complexity index is 617. The number of nitrogens with zero attached hydrogens (tertiary/aromatic N) is 1. The molecule has 0 unspecified atom stereocenters. The van der Waals surface area contributed by atoms with Crippen LogP contribution < -0.4 is 10.1 Å². The average Bonchev–Trinajstić information content (AvgIpc) is 2.54. The lowest BCUT2D eigenvalue weighted by Crippen LogP contribution is -2.45. The molecule has 0 radical (unpaired) electrons. The summed E-state index contributed by atoms with van der Waals surface area (Å²) in [5, 5.41) is 3.01. The van der Waals surface area contributed by atoms with E-state index in [4.69, 9.17) is 4.74 Å². The maximum absolute atomic E-state index is 12.6. The summed E-state index contributed by atoms with van der Waals surface area (Å²) in [6, 6.07) is 7.53. The number of piperidine rings is 1. The van der Waals surface area contributed by atoms with Gasteiger partial charge in [0.25, 0.3) is 0 Å². The number of para-hydroxylation sites is 2. The highest BCUT2D eigenvalue weighted by Crippen LogP contribution is 2.31. The third kappa shape index (κ3) is 4.33. The largest absolute Gasteiger partial charge is 0.489 e. The van der Waals surface area contributed by atoms with Crippen molar-refractivity contribution in [3.05, 3.63) is 24.3 Å². The lowest BCUT2D eigenvalue weighted by Gasteiger charge is -2.36. The zero-order valence-electron chi connectivity index (χ0n) is 15.2. The minimum atomic E-state index is -0.0439. The van der Waals surface area contributed by atoms with Gasteiger partial charge in [-0.15, -0.1) is 0 Å². The summed E-state index contributed by atoms with van der Waals surface area (Å²) >= 11 is 0. The summed E-state index contributed by atoms with van der Waals surface area (Å²) in [6.07, 6.45) is 4.76. The van der Waals surface area contributed by atoms with Gasteiger partial charge in [-0.2, -0.15) is 0 Å². The molecular formula is C20H28N2O3. The Balaban J connectivity index is 1.54. The summed E-state index contributed by atoms with van der Waals surface area (Å²) in [5.74, 6) is 1.21. The molecule has 1 aromatic rings. The topological polar surface area (TPSA) is 58.6 Å². The second kappa shape index (κ2) is 7.89. The molecule has 1 aliphatic carbocycles. The first-order chi connectivity index (χ1) is 12.0. The van der Waals surface area contributed by atoms with E-state index in [9.17, 15) is 9.59 Å². The number of carbonyl (C=O) groups is 2. The molecule has 3 rings (SSSR count). The number of anilines is 1. The summed E-state index contributed by atoms with van der Waals surface area (Å²) < 4.78 is 5.76. The van der Waals surface area contributed by atoms with Gasteiger partial charge in [0.1, 0.15) is 5.75 Å². The molecule has 1 saturated heterocycles. The fourth-order valence-corrected chi connectivity index (χ4v) is 3.44. The number of rotatable bonds is 5. The molecule has 1 heterocycles. The Labute approximate surface area is 149 Å². The Kier molecular flexibility index (Phi) is 5.61. The molecule has 0 spiro atoms. The molecule has 5 nitrogen and oxygen atoms in total. The van der Waals surface area contributed by atoms with Crippen LogP contribution in [0, 0.1) is 11.8 Å². The zero-order valence-corrected chi connectivity index (χ0v) is 15.2. The number of benzene rings is 1. The SMILES string of the molecule is CC(C)Oc1ccccc1NC(=O)C1CCN(C(=O)C2CCC2)CC1. The summed E-state index contributed by atoms with van der Waals surface area (Å²) in [7, 11) is 0. The lowest BCUT2D eigenvalue weighted by atomic mass is 9.83. The van der Waals surface area contributed by atoms with E-state index in [1.807, 2.05) is 43.0 Å². The van der Waals surface area contributed by atoms with E-state index in [1.54, 1.807) is 0 Å². The molecule has 1 N–H and O–H groups in total. The quantitative estimate of drug-likeness (QED) is 0.890. The molecule has 0 bridgehead atoms. The number of hydrogen-bond donors (Lipinski definition) is 1. The zero-order chi connectivity index (χ0) is 17.8. The van der Waals surface area contributed by atoms with Crippen molar-refractivity contribution in [2.45, 2.75) is 52.1 Å². The smallest absolute Gasteiger partial charge is 0.227 e. The van der Waals surface area contributed by atoms with Crippen molar-refractivity contribution in [3.8, 4) is 5.75 Å². The van der Waals surface area contributed by atoms with Crippen LogP contribution >= 0.6 is 0 Å². The van der Waals surface area contributed by atoms with Crippen molar-refractivity contribution in [2.24, 2.45) is 11.8 Å². The lowest BCUT2D eigenvalue weighted by molar-refractivity contribution is -0.140. The van der Waals surface area contributed by atoms with Crippen LogP contribution in [0.2, 0.25) is 0 Å². The fourth-order valence-electron chi connectivity index (χ4n) is 3.44. The van der Waals surface area contributed by atoms with Gasteiger partial charge in [-0.1, -0.05) is 18.6 Å². The van der Waals surface area contributed by atoms with Crippen LogP contribution in [0.15, 0.2) is 24.3 Å². The van der Waals surface area contributed by atoms with Crippen LogP contribution in [0.25, 0.3) is 0 Å². The maximum atomic E-state index is 12.6. The Morgan fingerprint density at radius 2 is 1.76 bits per heavy atom. The average molecular weight is 344 g/mol. The van der Waals surface area contributed by atoms with Crippen molar-refractivity contribution >= 4 is 17.5 Å². The standard InChI is InChI=1S/C20H28N2O3/c1-14(2)25-18-9-4-3-8-17(18)21-19(23)15-10-12-22(13-11-15)20(24)16-6-5-7-16/h3-4,8-9,14-16H,5-7,10-13H2,1-2H3,(H,21,23). The summed E-state index contributed by atoms with van der Waals surface area (Å²) in [5.41, 5.74) is 0.717. The number of amides is 2. The van der Waals surface area contributed by atoms with E-state index in [-0.39, 0.29) is 23.8 Å². The normalized spacial score (nSPS) is 18.8. The Hall–Kier alpha value is -2.04. The summed E-state index contributed by atoms with van der Waals surface area (Å²) in [6.45, 7) is 5.32. The molecular weight excluding hydrogens is 316 g/mol. The second-order valence-corrected chi connectivity index (χ2v) is 7.38. The van der Waals surface area contributed by atoms with Gasteiger partial charge in [0.2, 0.25) is 11.8 Å². The van der Waals surface area contributed by atoms with Gasteiger partial charge in [-0.25, -0.2) is 0 Å². The van der Waals surface area contributed by atoms with Crippen LogP contribution in [0.5, 0.6) is 5.75 Å². The highest BCUT2D eigenvalue weighted by Gasteiger charge is 2.33. The second-order valence-electron chi connectivity index (χ2n) is 7.38. The molecule has 2 aliphatic rings. The molecule has 2 fully saturated rings. The van der Waals surface area contributed by atoms with Crippen molar-refractivity contribution in [1.29, 1.82) is 0 Å². The first kappa shape index (κ1) is 17.8. The fraction of sp³-hybridized carbons (Fsp3) is 0.600.